The van der Waals surface area contributed by atoms with Crippen LogP contribution in [0.15, 0.2) is 91.0 Å². The molecule has 0 aromatic heterocycles. The number of hydrogen-bond acceptors (Lipinski definition) is 5. The van der Waals surface area contributed by atoms with Crippen molar-refractivity contribution in [3.63, 3.8) is 0 Å². The van der Waals surface area contributed by atoms with Crippen LogP contribution in [0.25, 0.3) is 21.5 Å². The fourth-order valence-corrected chi connectivity index (χ4v) is 4.01. The lowest BCUT2D eigenvalue weighted by Crippen LogP contribution is -2.09. The van der Waals surface area contributed by atoms with Gasteiger partial charge in [0.05, 0.1) is 11.1 Å². The molecule has 0 amide bonds. The minimum absolute atomic E-state index is 0.172. The van der Waals surface area contributed by atoms with E-state index in [1.807, 2.05) is 26.0 Å². The van der Waals surface area contributed by atoms with Gasteiger partial charge in [0.25, 0.3) is 0 Å². The number of hydrogen-bond donors (Lipinski definition) is 1. The van der Waals surface area contributed by atoms with Crippen LogP contribution in [0.5, 0.6) is 17.2 Å². The molecule has 0 spiro atoms. The van der Waals surface area contributed by atoms with Gasteiger partial charge in [-0.25, -0.2) is 9.59 Å². The molecular weight excluding hydrogens is 440 g/mol. The molecule has 0 aliphatic rings. The zero-order valence-electron chi connectivity index (χ0n) is 19.2. The minimum atomic E-state index is -0.479. The fraction of sp³-hybridized carbons (Fsp3) is 0.0667. The number of benzene rings is 5. The fourth-order valence-electron chi connectivity index (χ4n) is 4.01. The third kappa shape index (κ3) is 4.70. The lowest BCUT2D eigenvalue weighted by Gasteiger charge is -2.10. The number of phenols is 1. The molecule has 0 saturated carbocycles. The van der Waals surface area contributed by atoms with Gasteiger partial charge in [-0.2, -0.15) is 0 Å². The maximum atomic E-state index is 12.7. The molecule has 0 heterocycles. The second-order valence-electron chi connectivity index (χ2n) is 8.52. The molecule has 0 aliphatic heterocycles. The third-order valence-electron chi connectivity index (χ3n) is 5.85. The van der Waals surface area contributed by atoms with Crippen LogP contribution in [0.2, 0.25) is 0 Å². The van der Waals surface area contributed by atoms with Crippen molar-refractivity contribution in [2.75, 3.05) is 0 Å². The Kier molecular flexibility index (Phi) is 5.67. The second-order valence-corrected chi connectivity index (χ2v) is 8.52. The lowest BCUT2D eigenvalue weighted by atomic mass is 10.1. The van der Waals surface area contributed by atoms with E-state index in [0.717, 1.165) is 32.7 Å². The molecule has 0 fully saturated rings. The van der Waals surface area contributed by atoms with Crippen molar-refractivity contribution < 1.29 is 24.2 Å². The van der Waals surface area contributed by atoms with E-state index in [9.17, 15) is 14.7 Å². The van der Waals surface area contributed by atoms with E-state index < -0.39 is 11.9 Å². The van der Waals surface area contributed by atoms with Crippen LogP contribution in [0.4, 0.5) is 0 Å². The van der Waals surface area contributed by atoms with Gasteiger partial charge in [0, 0.05) is 0 Å². The summed E-state index contributed by atoms with van der Waals surface area (Å²) in [6.45, 7) is 3.89. The Balaban J connectivity index is 1.33. The Bertz CT molecular complexity index is 1620. The molecule has 0 bridgehead atoms. The van der Waals surface area contributed by atoms with Gasteiger partial charge in [-0.05, 0) is 95.6 Å². The highest BCUT2D eigenvalue weighted by Crippen LogP contribution is 2.26. The van der Waals surface area contributed by atoms with E-state index in [1.54, 1.807) is 78.9 Å². The van der Waals surface area contributed by atoms with Gasteiger partial charge in [0.1, 0.15) is 17.2 Å². The lowest BCUT2D eigenvalue weighted by molar-refractivity contribution is 0.0725. The molecule has 0 aliphatic carbocycles. The largest absolute Gasteiger partial charge is 0.508 e. The van der Waals surface area contributed by atoms with E-state index in [4.69, 9.17) is 9.47 Å². The summed E-state index contributed by atoms with van der Waals surface area (Å²) in [4.78, 5) is 25.4. The highest BCUT2D eigenvalue weighted by molar-refractivity contribution is 5.98. The smallest absolute Gasteiger partial charge is 0.343 e. The molecule has 0 saturated heterocycles. The summed E-state index contributed by atoms with van der Waals surface area (Å²) >= 11 is 0. The Morgan fingerprint density at radius 3 is 1.86 bits per heavy atom. The molecule has 0 atom stereocenters. The number of carbonyl (C=O) groups is 2. The standard InChI is InChI=1S/C30H22O5/c1-18-3-12-28(19(2)13-18)35-30(33)25-7-5-23-17-27(11-9-21(23)15-25)34-29(32)24-6-4-22-16-26(31)10-8-20(22)14-24/h3-17,31H,1-2H3. The summed E-state index contributed by atoms with van der Waals surface area (Å²) in [6.07, 6.45) is 0. The first kappa shape index (κ1) is 22.2. The van der Waals surface area contributed by atoms with Crippen LogP contribution in [0.3, 0.4) is 0 Å². The second kappa shape index (κ2) is 8.95. The van der Waals surface area contributed by atoms with E-state index >= 15 is 0 Å². The molecule has 5 heteroatoms. The van der Waals surface area contributed by atoms with Crippen molar-refractivity contribution in [3.8, 4) is 17.2 Å². The predicted molar refractivity (Wildman–Crippen MR) is 135 cm³/mol. The predicted octanol–water partition coefficient (Wildman–Crippen LogP) is 6.75. The number of carbonyl (C=O) groups excluding carboxylic acids is 2. The Morgan fingerprint density at radius 1 is 0.600 bits per heavy atom. The number of ether oxygens (including phenoxy) is 2. The van der Waals surface area contributed by atoms with E-state index in [-0.39, 0.29) is 5.75 Å². The summed E-state index contributed by atoms with van der Waals surface area (Å²) < 4.78 is 11.2. The van der Waals surface area contributed by atoms with Crippen molar-refractivity contribution in [1.82, 2.24) is 0 Å². The number of fused-ring (bicyclic) bond motifs is 2. The number of aromatic hydroxyl groups is 1. The van der Waals surface area contributed by atoms with Gasteiger partial charge in [-0.15, -0.1) is 0 Å². The number of phenolic OH excluding ortho intramolecular Hbond substituents is 1. The topological polar surface area (TPSA) is 72.8 Å². The zero-order chi connectivity index (χ0) is 24.5. The number of esters is 2. The van der Waals surface area contributed by atoms with E-state index in [2.05, 4.69) is 0 Å². The van der Waals surface area contributed by atoms with Gasteiger partial charge in [-0.1, -0.05) is 42.0 Å². The van der Waals surface area contributed by atoms with Gasteiger partial charge in [-0.3, -0.25) is 0 Å². The quantitative estimate of drug-likeness (QED) is 0.236. The van der Waals surface area contributed by atoms with Crippen LogP contribution >= 0.6 is 0 Å². The molecule has 35 heavy (non-hydrogen) atoms. The first-order valence-electron chi connectivity index (χ1n) is 11.1. The number of aryl methyl sites for hydroxylation is 2. The normalized spacial score (nSPS) is 10.9. The Morgan fingerprint density at radius 2 is 1.17 bits per heavy atom. The molecule has 5 rings (SSSR count). The Labute approximate surface area is 202 Å². The summed E-state index contributed by atoms with van der Waals surface area (Å²) in [7, 11) is 0. The highest BCUT2D eigenvalue weighted by Gasteiger charge is 2.13. The average Bonchev–Trinajstić information content (AvgIpc) is 2.85. The SMILES string of the molecule is Cc1ccc(OC(=O)c2ccc3cc(OC(=O)c4ccc5cc(O)ccc5c4)ccc3c2)c(C)c1. The molecule has 5 nitrogen and oxygen atoms in total. The summed E-state index contributed by atoms with van der Waals surface area (Å²) in [6, 6.07) is 26.3. The van der Waals surface area contributed by atoms with Gasteiger partial charge in [0.2, 0.25) is 0 Å². The van der Waals surface area contributed by atoms with E-state index in [0.29, 0.717) is 22.6 Å². The molecule has 5 aromatic carbocycles. The third-order valence-corrected chi connectivity index (χ3v) is 5.85. The minimum Gasteiger partial charge on any atom is -0.508 e. The molecule has 1 N–H and O–H groups in total. The summed E-state index contributed by atoms with van der Waals surface area (Å²) in [5.41, 5.74) is 2.85. The van der Waals surface area contributed by atoms with Crippen LogP contribution in [0.1, 0.15) is 31.8 Å². The first-order valence-corrected chi connectivity index (χ1v) is 11.1. The molecule has 5 aromatic rings. The number of rotatable bonds is 4. The van der Waals surface area contributed by atoms with Gasteiger partial charge in [0.15, 0.2) is 0 Å². The average molecular weight is 463 g/mol. The van der Waals surface area contributed by atoms with Crippen LogP contribution < -0.4 is 9.47 Å². The molecule has 0 unspecified atom stereocenters. The van der Waals surface area contributed by atoms with E-state index in [1.165, 1.54) is 0 Å². The highest BCUT2D eigenvalue weighted by atomic mass is 16.5. The zero-order valence-corrected chi connectivity index (χ0v) is 19.2. The van der Waals surface area contributed by atoms with Crippen molar-refractivity contribution >= 4 is 33.5 Å². The van der Waals surface area contributed by atoms with Crippen LogP contribution in [-0.4, -0.2) is 17.0 Å². The summed E-state index contributed by atoms with van der Waals surface area (Å²) in [5.74, 6) is 0.199. The molecule has 172 valence electrons. The Hall–Kier alpha value is -4.64. The summed E-state index contributed by atoms with van der Waals surface area (Å²) in [5, 5.41) is 12.9. The monoisotopic (exact) mass is 462 g/mol. The first-order chi connectivity index (χ1) is 16.9. The van der Waals surface area contributed by atoms with Crippen molar-refractivity contribution in [3.05, 3.63) is 113 Å². The van der Waals surface area contributed by atoms with Crippen molar-refractivity contribution in [1.29, 1.82) is 0 Å². The van der Waals surface area contributed by atoms with Gasteiger partial charge < -0.3 is 14.6 Å². The molecular formula is C30H22O5. The maximum absolute atomic E-state index is 12.7. The van der Waals surface area contributed by atoms with Crippen LogP contribution in [0, 0.1) is 13.8 Å². The van der Waals surface area contributed by atoms with Gasteiger partial charge >= 0.3 is 11.9 Å². The maximum Gasteiger partial charge on any atom is 0.343 e. The van der Waals surface area contributed by atoms with Crippen molar-refractivity contribution in [2.24, 2.45) is 0 Å². The van der Waals surface area contributed by atoms with Crippen LogP contribution in [-0.2, 0) is 0 Å². The molecule has 0 radical (unpaired) electrons. The van der Waals surface area contributed by atoms with Crippen molar-refractivity contribution in [2.45, 2.75) is 13.8 Å².